The van der Waals surface area contributed by atoms with Gasteiger partial charge in [0.2, 0.25) is 0 Å². The summed E-state index contributed by atoms with van der Waals surface area (Å²) in [7, 11) is 0. The van der Waals surface area contributed by atoms with Gasteiger partial charge in [0.05, 0.1) is 0 Å². The average Bonchev–Trinajstić information content (AvgIpc) is 2.77. The molecule has 0 aliphatic carbocycles. The normalized spacial score (nSPS) is 11.4. The number of hydrogen-bond acceptors (Lipinski definition) is 2. The number of carbonyl (C=O) groups excluding carboxylic acids is 1. The van der Waals surface area contributed by atoms with E-state index in [1.165, 1.54) is 17.7 Å². The summed E-state index contributed by atoms with van der Waals surface area (Å²) in [5.41, 5.74) is 3.62. The number of hydrogen-bond donors (Lipinski definition) is 1. The summed E-state index contributed by atoms with van der Waals surface area (Å²) in [5.74, 6) is -0.762. The number of nitrogens with one attached hydrogen (secondary N) is 1. The second kappa shape index (κ2) is 9.94. The summed E-state index contributed by atoms with van der Waals surface area (Å²) in [5, 5.41) is 2.79. The summed E-state index contributed by atoms with van der Waals surface area (Å²) in [6.45, 7) is 9.33. The average molecular weight is 435 g/mol. The fourth-order valence-corrected chi connectivity index (χ4v) is 3.49. The number of unbranched alkanes of at least 4 members (excludes halogenated alkanes) is 1. The highest BCUT2D eigenvalue weighted by molar-refractivity contribution is 5.95. The Bertz CT molecular complexity index is 1120. The van der Waals surface area contributed by atoms with Crippen molar-refractivity contribution in [2.75, 3.05) is 0 Å². The first-order chi connectivity index (χ1) is 15.2. The molecule has 32 heavy (non-hydrogen) atoms. The number of amides is 1. The van der Waals surface area contributed by atoms with Crippen molar-refractivity contribution in [1.82, 2.24) is 9.88 Å². The van der Waals surface area contributed by atoms with E-state index in [9.17, 15) is 14.0 Å². The fourth-order valence-electron chi connectivity index (χ4n) is 3.49. The fraction of sp³-hybridized carbons (Fsp3) is 0.333. The van der Waals surface area contributed by atoms with E-state index >= 15 is 0 Å². The highest BCUT2D eigenvalue weighted by Gasteiger charge is 2.17. The van der Waals surface area contributed by atoms with Gasteiger partial charge < -0.3 is 9.88 Å². The van der Waals surface area contributed by atoms with E-state index in [4.69, 9.17) is 0 Å². The lowest BCUT2D eigenvalue weighted by molar-refractivity contribution is 0.0948. The lowest BCUT2D eigenvalue weighted by atomic mass is 9.86. The SMILES string of the molecule is CCCCn1cc(-c2ccc(C(C)(C)C)cc2)cc(C(=O)NCc2ccc(F)cc2)c1=O. The van der Waals surface area contributed by atoms with Crippen LogP contribution in [0.15, 0.2) is 65.6 Å². The van der Waals surface area contributed by atoms with Crippen LogP contribution < -0.4 is 10.9 Å². The van der Waals surface area contributed by atoms with Crippen LogP contribution in [0, 0.1) is 5.82 Å². The number of aromatic nitrogens is 1. The molecule has 3 aromatic rings. The molecule has 0 aliphatic rings. The number of nitrogens with zero attached hydrogens (tertiary/aromatic N) is 1. The topological polar surface area (TPSA) is 51.1 Å². The Labute approximate surface area is 189 Å². The van der Waals surface area contributed by atoms with Gasteiger partial charge in [-0.25, -0.2) is 4.39 Å². The monoisotopic (exact) mass is 434 g/mol. The molecule has 0 saturated heterocycles. The van der Waals surface area contributed by atoms with Crippen LogP contribution in [0.1, 0.15) is 62.0 Å². The Hall–Kier alpha value is -3.21. The molecule has 1 N–H and O–H groups in total. The van der Waals surface area contributed by atoms with E-state index < -0.39 is 5.91 Å². The molecule has 1 aromatic heterocycles. The molecule has 0 atom stereocenters. The van der Waals surface area contributed by atoms with Crippen LogP contribution in [-0.4, -0.2) is 10.5 Å². The van der Waals surface area contributed by atoms with Gasteiger partial charge in [0.15, 0.2) is 0 Å². The largest absolute Gasteiger partial charge is 0.348 e. The van der Waals surface area contributed by atoms with Crippen molar-refractivity contribution in [3.63, 3.8) is 0 Å². The smallest absolute Gasteiger partial charge is 0.263 e. The van der Waals surface area contributed by atoms with Crippen molar-refractivity contribution in [2.24, 2.45) is 0 Å². The molecule has 168 valence electrons. The molecule has 2 aromatic carbocycles. The van der Waals surface area contributed by atoms with Gasteiger partial charge >= 0.3 is 0 Å². The van der Waals surface area contributed by atoms with Gasteiger partial charge in [-0.05, 0) is 52.3 Å². The summed E-state index contributed by atoms with van der Waals surface area (Å²) in [6, 6.07) is 15.8. The van der Waals surface area contributed by atoms with Gasteiger partial charge in [0.25, 0.3) is 11.5 Å². The van der Waals surface area contributed by atoms with Crippen LogP contribution in [0.5, 0.6) is 0 Å². The quantitative estimate of drug-likeness (QED) is 0.520. The first-order valence-corrected chi connectivity index (χ1v) is 11.1. The molecule has 1 heterocycles. The maximum absolute atomic E-state index is 13.1. The number of pyridine rings is 1. The predicted molar refractivity (Wildman–Crippen MR) is 127 cm³/mol. The van der Waals surface area contributed by atoms with Crippen molar-refractivity contribution < 1.29 is 9.18 Å². The minimum Gasteiger partial charge on any atom is -0.348 e. The van der Waals surface area contributed by atoms with Crippen molar-refractivity contribution in [2.45, 2.75) is 59.0 Å². The minimum atomic E-state index is -0.433. The zero-order valence-electron chi connectivity index (χ0n) is 19.2. The predicted octanol–water partition coefficient (Wildman–Crippen LogP) is 5.68. The Morgan fingerprint density at radius 3 is 2.25 bits per heavy atom. The molecule has 4 nitrogen and oxygen atoms in total. The van der Waals surface area contributed by atoms with E-state index in [0.717, 1.165) is 29.5 Å². The molecular formula is C27H31FN2O2. The molecule has 0 aliphatic heterocycles. The third-order valence-corrected chi connectivity index (χ3v) is 5.53. The molecule has 0 unspecified atom stereocenters. The second-order valence-electron chi connectivity index (χ2n) is 9.13. The lowest BCUT2D eigenvalue weighted by Gasteiger charge is -2.19. The van der Waals surface area contributed by atoms with Crippen LogP contribution in [0.3, 0.4) is 0 Å². The zero-order chi connectivity index (χ0) is 23.3. The van der Waals surface area contributed by atoms with E-state index in [1.54, 1.807) is 22.8 Å². The van der Waals surface area contributed by atoms with Crippen molar-refractivity contribution >= 4 is 5.91 Å². The van der Waals surface area contributed by atoms with Gasteiger partial charge in [0, 0.05) is 19.3 Å². The molecule has 0 spiro atoms. The zero-order valence-corrected chi connectivity index (χ0v) is 19.2. The summed E-state index contributed by atoms with van der Waals surface area (Å²) in [4.78, 5) is 25.9. The van der Waals surface area contributed by atoms with Gasteiger partial charge in [-0.2, -0.15) is 0 Å². The maximum atomic E-state index is 13.1. The van der Waals surface area contributed by atoms with Crippen LogP contribution in [0.25, 0.3) is 11.1 Å². The molecule has 3 rings (SSSR count). The third-order valence-electron chi connectivity index (χ3n) is 5.53. The van der Waals surface area contributed by atoms with Gasteiger partial charge in [-0.15, -0.1) is 0 Å². The third kappa shape index (κ3) is 5.72. The first kappa shape index (κ1) is 23.5. The van der Waals surface area contributed by atoms with Crippen molar-refractivity contribution in [3.8, 4) is 11.1 Å². The van der Waals surface area contributed by atoms with E-state index in [-0.39, 0.29) is 28.9 Å². The van der Waals surface area contributed by atoms with E-state index in [0.29, 0.717) is 6.54 Å². The first-order valence-electron chi connectivity index (χ1n) is 11.1. The van der Waals surface area contributed by atoms with Crippen LogP contribution in [0.4, 0.5) is 4.39 Å². The standard InChI is InChI=1S/C27H31FN2O2/c1-5-6-15-30-18-21(20-9-11-22(12-10-20)27(2,3)4)16-24(26(30)32)25(31)29-17-19-7-13-23(28)14-8-19/h7-14,16,18H,5-6,15,17H2,1-4H3,(H,29,31). The Morgan fingerprint density at radius 2 is 1.66 bits per heavy atom. The minimum absolute atomic E-state index is 0.0455. The van der Waals surface area contributed by atoms with Crippen LogP contribution in [0.2, 0.25) is 0 Å². The Kier molecular flexibility index (Phi) is 7.29. The maximum Gasteiger partial charge on any atom is 0.263 e. The highest BCUT2D eigenvalue weighted by atomic mass is 19.1. The van der Waals surface area contributed by atoms with E-state index in [2.05, 4.69) is 45.1 Å². The summed E-state index contributed by atoms with van der Waals surface area (Å²) >= 11 is 0. The molecule has 5 heteroatoms. The van der Waals surface area contributed by atoms with Crippen LogP contribution in [-0.2, 0) is 18.5 Å². The van der Waals surface area contributed by atoms with Crippen LogP contribution >= 0.6 is 0 Å². The Balaban J connectivity index is 1.93. The molecular weight excluding hydrogens is 403 g/mol. The molecule has 0 fully saturated rings. The molecule has 1 amide bonds. The number of carbonyl (C=O) groups is 1. The van der Waals surface area contributed by atoms with Gasteiger partial charge in [0.1, 0.15) is 11.4 Å². The van der Waals surface area contributed by atoms with Crippen molar-refractivity contribution in [1.29, 1.82) is 0 Å². The molecule has 0 saturated carbocycles. The van der Waals surface area contributed by atoms with E-state index in [1.807, 2.05) is 18.3 Å². The number of benzene rings is 2. The highest BCUT2D eigenvalue weighted by Crippen LogP contribution is 2.26. The number of rotatable bonds is 7. The summed E-state index contributed by atoms with van der Waals surface area (Å²) < 4.78 is 14.7. The summed E-state index contributed by atoms with van der Waals surface area (Å²) in [6.07, 6.45) is 3.63. The van der Waals surface area contributed by atoms with Gasteiger partial charge in [-0.3, -0.25) is 9.59 Å². The molecule has 0 bridgehead atoms. The lowest BCUT2D eigenvalue weighted by Crippen LogP contribution is -2.33. The second-order valence-corrected chi connectivity index (χ2v) is 9.13. The Morgan fingerprint density at radius 1 is 1.00 bits per heavy atom. The molecule has 0 radical (unpaired) electrons. The number of halogens is 1. The van der Waals surface area contributed by atoms with Crippen molar-refractivity contribution in [3.05, 3.63) is 93.7 Å². The van der Waals surface area contributed by atoms with Gasteiger partial charge in [-0.1, -0.05) is 70.5 Å². The number of aryl methyl sites for hydroxylation is 1.